The quantitative estimate of drug-likeness (QED) is 0.533. The molecule has 0 aromatic heterocycles. The van der Waals surface area contributed by atoms with Crippen molar-refractivity contribution in [2.75, 3.05) is 6.61 Å². The summed E-state index contributed by atoms with van der Waals surface area (Å²) in [6.07, 6.45) is 0. The van der Waals surface area contributed by atoms with E-state index in [1.807, 2.05) is 13.8 Å². The van der Waals surface area contributed by atoms with E-state index >= 15 is 0 Å². The average Bonchev–Trinajstić information content (AvgIpc) is 1.87. The number of hydrogen-bond acceptors (Lipinski definition) is 2. The van der Waals surface area contributed by atoms with Crippen molar-refractivity contribution >= 4 is 28.3 Å². The summed E-state index contributed by atoms with van der Waals surface area (Å²) >= 11 is 1.65. The number of hydrogen-bond donors (Lipinski definition) is 0. The van der Waals surface area contributed by atoms with E-state index in [2.05, 4.69) is 0 Å². The van der Waals surface area contributed by atoms with Crippen molar-refractivity contribution in [3.8, 4) is 0 Å². The third kappa shape index (κ3) is 3.77. The molecule has 0 heterocycles. The van der Waals surface area contributed by atoms with Gasteiger partial charge < -0.3 is 0 Å². The van der Waals surface area contributed by atoms with Gasteiger partial charge in [-0.1, -0.05) is 0 Å². The molecule has 0 bridgehead atoms. The molecule has 54 valence electrons. The molecule has 0 radical (unpaired) electrons. The maximum atomic E-state index is 10.8. The Balaban J connectivity index is 3.46. The first-order chi connectivity index (χ1) is 4.22. The fourth-order valence-corrected chi connectivity index (χ4v) is 0.785. The van der Waals surface area contributed by atoms with Gasteiger partial charge in [-0.2, -0.15) is 0 Å². The van der Waals surface area contributed by atoms with Crippen LogP contribution in [0.25, 0.3) is 0 Å². The number of rotatable bonds is 3. The molecular formula is C6H12O2Te. The van der Waals surface area contributed by atoms with Gasteiger partial charge in [0.1, 0.15) is 0 Å². The van der Waals surface area contributed by atoms with Crippen LogP contribution < -0.4 is 0 Å². The number of carbonyl (C=O) groups is 1. The Hall–Kier alpha value is 0.260. The fraction of sp³-hybridized carbons (Fsp3) is 0.833. The van der Waals surface area contributed by atoms with Crippen LogP contribution in [-0.4, -0.2) is 34.9 Å². The molecule has 9 heavy (non-hydrogen) atoms. The average molecular weight is 244 g/mol. The molecular weight excluding hydrogens is 232 g/mol. The monoisotopic (exact) mass is 246 g/mol. The van der Waals surface area contributed by atoms with Gasteiger partial charge >= 0.3 is 68.6 Å². The Bertz CT molecular complexity index is 93.1. The summed E-state index contributed by atoms with van der Waals surface area (Å²) in [5, 5.41) is 0. The first kappa shape index (κ1) is 9.26. The zero-order valence-electron chi connectivity index (χ0n) is 5.76. The molecule has 0 spiro atoms. The van der Waals surface area contributed by atoms with Crippen LogP contribution in [0.5, 0.6) is 0 Å². The zero-order chi connectivity index (χ0) is 7.28. The van der Waals surface area contributed by atoms with E-state index < -0.39 is 0 Å². The second-order valence-electron chi connectivity index (χ2n) is 1.84. The van der Waals surface area contributed by atoms with Crippen LogP contribution >= 0.6 is 0 Å². The molecule has 0 aromatic carbocycles. The van der Waals surface area contributed by atoms with Crippen LogP contribution in [0.2, 0.25) is 4.47 Å². The third-order valence-electron chi connectivity index (χ3n) is 0.963. The summed E-state index contributed by atoms with van der Waals surface area (Å²) in [6, 6.07) is 0. The van der Waals surface area contributed by atoms with E-state index in [9.17, 15) is 4.79 Å². The van der Waals surface area contributed by atoms with Gasteiger partial charge in [0.05, 0.1) is 0 Å². The van der Waals surface area contributed by atoms with Crippen molar-refractivity contribution in [3.63, 3.8) is 0 Å². The molecule has 0 saturated carbocycles. The molecule has 0 saturated heterocycles. The van der Waals surface area contributed by atoms with Gasteiger partial charge in [0.2, 0.25) is 0 Å². The normalized spacial score (nSPS) is 12.8. The van der Waals surface area contributed by atoms with Crippen LogP contribution in [0.15, 0.2) is 0 Å². The Labute approximate surface area is 68.9 Å². The van der Waals surface area contributed by atoms with E-state index in [4.69, 9.17) is 4.74 Å². The molecule has 0 aliphatic rings. The van der Waals surface area contributed by atoms with Gasteiger partial charge in [0.25, 0.3) is 0 Å². The molecule has 0 aliphatic carbocycles. The van der Waals surface area contributed by atoms with Crippen molar-refractivity contribution < 1.29 is 9.53 Å². The first-order valence-corrected chi connectivity index (χ1v) is 4.80. The molecule has 0 aromatic rings. The van der Waals surface area contributed by atoms with Crippen molar-refractivity contribution in [2.24, 2.45) is 5.92 Å². The van der Waals surface area contributed by atoms with Gasteiger partial charge in [0.15, 0.2) is 0 Å². The summed E-state index contributed by atoms with van der Waals surface area (Å²) in [5.41, 5.74) is 0. The van der Waals surface area contributed by atoms with Crippen molar-refractivity contribution in [2.45, 2.75) is 18.3 Å². The topological polar surface area (TPSA) is 26.3 Å². The van der Waals surface area contributed by atoms with Crippen molar-refractivity contribution in [1.82, 2.24) is 0 Å². The van der Waals surface area contributed by atoms with Gasteiger partial charge in [-0.25, -0.2) is 0 Å². The molecule has 1 unspecified atom stereocenters. The second-order valence-corrected chi connectivity index (χ2v) is 2.88. The molecule has 2 nitrogen and oxygen atoms in total. The molecule has 0 fully saturated rings. The van der Waals surface area contributed by atoms with E-state index in [0.717, 1.165) is 4.47 Å². The van der Waals surface area contributed by atoms with Crippen LogP contribution in [0, 0.1) is 5.92 Å². The van der Waals surface area contributed by atoms with Gasteiger partial charge in [-0.15, -0.1) is 0 Å². The van der Waals surface area contributed by atoms with Crippen LogP contribution in [0.1, 0.15) is 13.8 Å². The zero-order valence-corrected chi connectivity index (χ0v) is 8.31. The third-order valence-corrected chi connectivity index (χ3v) is 2.53. The number of esters is 1. The van der Waals surface area contributed by atoms with Gasteiger partial charge in [-0.3, -0.25) is 0 Å². The molecule has 1 atom stereocenters. The summed E-state index contributed by atoms with van der Waals surface area (Å²) < 4.78 is 5.67. The Morgan fingerprint density at radius 1 is 1.78 bits per heavy atom. The predicted octanol–water partition coefficient (Wildman–Crippen LogP) is 0.505. The van der Waals surface area contributed by atoms with E-state index in [-0.39, 0.29) is 11.9 Å². The van der Waals surface area contributed by atoms with Gasteiger partial charge in [-0.05, 0) is 0 Å². The fourth-order valence-electron chi connectivity index (χ4n) is 0.359. The van der Waals surface area contributed by atoms with E-state index in [1.54, 1.807) is 22.3 Å². The Morgan fingerprint density at radius 3 is 2.67 bits per heavy atom. The standard InChI is InChI=1S/C6H12O2Te/c1-3-8-6(7)5(2)4-9/h5,9H,3-4H2,1-2H3. The molecule has 0 amide bonds. The van der Waals surface area contributed by atoms with Crippen LogP contribution in [0.4, 0.5) is 0 Å². The summed E-state index contributed by atoms with van der Waals surface area (Å²) in [5.74, 6) is 0.0115. The van der Waals surface area contributed by atoms with E-state index in [1.165, 1.54) is 0 Å². The number of carbonyl (C=O) groups excluding carboxylic acids is 1. The van der Waals surface area contributed by atoms with Crippen molar-refractivity contribution in [1.29, 1.82) is 0 Å². The maximum absolute atomic E-state index is 10.8. The minimum atomic E-state index is -0.0708. The summed E-state index contributed by atoms with van der Waals surface area (Å²) in [7, 11) is 0. The van der Waals surface area contributed by atoms with Gasteiger partial charge in [0, 0.05) is 0 Å². The predicted molar refractivity (Wildman–Crippen MR) is 37.8 cm³/mol. The Kier molecular flexibility index (Phi) is 5.22. The summed E-state index contributed by atoms with van der Waals surface area (Å²) in [4.78, 5) is 10.8. The van der Waals surface area contributed by atoms with E-state index in [0.29, 0.717) is 6.61 Å². The van der Waals surface area contributed by atoms with Crippen LogP contribution in [0.3, 0.4) is 0 Å². The Morgan fingerprint density at radius 2 is 2.33 bits per heavy atom. The SMILES string of the molecule is CCOC(=O)C(C)C[TeH]. The second kappa shape index (κ2) is 5.08. The molecule has 0 aliphatic heterocycles. The first-order valence-electron chi connectivity index (χ1n) is 2.99. The molecule has 0 rings (SSSR count). The summed E-state index contributed by atoms with van der Waals surface area (Å²) in [6.45, 7) is 4.20. The van der Waals surface area contributed by atoms with Crippen LogP contribution in [-0.2, 0) is 9.53 Å². The molecule has 0 N–H and O–H groups in total. The minimum absolute atomic E-state index is 0.0708. The van der Waals surface area contributed by atoms with Crippen molar-refractivity contribution in [3.05, 3.63) is 0 Å². The molecule has 3 heteroatoms. The number of ether oxygens (including phenoxy) is 1.